The summed E-state index contributed by atoms with van der Waals surface area (Å²) in [5, 5.41) is 17.8. The highest BCUT2D eigenvalue weighted by Gasteiger charge is 2.57. The number of aliphatic hydroxyl groups is 1. The van der Waals surface area contributed by atoms with E-state index in [-0.39, 0.29) is 80.6 Å². The zero-order chi connectivity index (χ0) is 32.4. The highest BCUT2D eigenvalue weighted by molar-refractivity contribution is 7.89. The van der Waals surface area contributed by atoms with E-state index in [1.165, 1.54) is 6.07 Å². The average Bonchev–Trinajstić information content (AvgIpc) is 3.70. The fraction of sp³-hybridized carbons (Fsp3) is 0.548. The molecule has 0 spiro atoms. The van der Waals surface area contributed by atoms with Crippen LogP contribution in [-0.4, -0.2) is 99.4 Å². The third kappa shape index (κ3) is 10.0. The van der Waals surface area contributed by atoms with Crippen LogP contribution >= 0.6 is 12.4 Å². The van der Waals surface area contributed by atoms with E-state index in [2.05, 4.69) is 15.1 Å². The summed E-state index contributed by atoms with van der Waals surface area (Å²) in [5.41, 5.74) is 0. The van der Waals surface area contributed by atoms with Gasteiger partial charge in [-0.2, -0.15) is 5.10 Å². The molecule has 2 fully saturated rings. The van der Waals surface area contributed by atoms with Crippen LogP contribution in [0.25, 0.3) is 10.8 Å². The smallest absolute Gasteiger partial charge is 0.307 e. The molecule has 2 amide bonds. The predicted molar refractivity (Wildman–Crippen MR) is 176 cm³/mol. The summed E-state index contributed by atoms with van der Waals surface area (Å²) in [6.07, 6.45) is 3.75. The molecule has 1 saturated heterocycles. The molecule has 2 aromatic carbocycles. The van der Waals surface area contributed by atoms with Crippen molar-refractivity contribution >= 4 is 57.3 Å². The van der Waals surface area contributed by atoms with Gasteiger partial charge in [-0.25, -0.2) is 13.1 Å². The molecular formula is C31H45ClN6O7S. The predicted octanol–water partition coefficient (Wildman–Crippen LogP) is 1.44. The van der Waals surface area contributed by atoms with E-state index in [1.54, 1.807) is 30.3 Å². The molecule has 0 aromatic heterocycles. The fourth-order valence-electron chi connectivity index (χ4n) is 6.12. The Labute approximate surface area is 276 Å². The molecule has 0 radical (unpaired) electrons. The number of likely N-dealkylation sites (tertiary alicyclic amines) is 1. The maximum atomic E-state index is 13.9. The van der Waals surface area contributed by atoms with Crippen molar-refractivity contribution in [3.63, 3.8) is 0 Å². The van der Waals surface area contributed by atoms with Crippen molar-refractivity contribution in [3.8, 4) is 0 Å². The minimum absolute atomic E-state index is 0. The van der Waals surface area contributed by atoms with E-state index in [1.807, 2.05) is 29.2 Å². The number of amides is 2. The van der Waals surface area contributed by atoms with Crippen LogP contribution in [0.15, 0.2) is 52.5 Å². The number of aliphatic hydroxyl groups excluding tert-OH is 1. The minimum atomic E-state index is -3.99. The summed E-state index contributed by atoms with van der Waals surface area (Å²) in [6, 6.07) is 11.6. The lowest BCUT2D eigenvalue weighted by Crippen LogP contribution is -2.44. The molecule has 1 saturated carbocycles. The molecule has 15 heteroatoms. The topological polar surface area (TPSA) is 184 Å². The number of nitrogens with two attached hydrogens (primary N) is 1. The van der Waals surface area contributed by atoms with Crippen molar-refractivity contribution < 1.29 is 32.6 Å². The van der Waals surface area contributed by atoms with Gasteiger partial charge in [0.05, 0.1) is 30.4 Å². The second-order valence-corrected chi connectivity index (χ2v) is 13.3. The largest absolute Gasteiger partial charge is 0.466 e. The molecule has 254 valence electrons. The molecule has 0 bridgehead atoms. The van der Waals surface area contributed by atoms with Gasteiger partial charge in [-0.3, -0.25) is 14.4 Å². The van der Waals surface area contributed by atoms with Crippen molar-refractivity contribution in [1.82, 2.24) is 19.8 Å². The van der Waals surface area contributed by atoms with Crippen molar-refractivity contribution in [2.45, 2.75) is 50.0 Å². The molecule has 1 aliphatic heterocycles. The van der Waals surface area contributed by atoms with Gasteiger partial charge in [0.25, 0.3) is 0 Å². The van der Waals surface area contributed by atoms with Gasteiger partial charge in [0.15, 0.2) is 0 Å². The highest BCUT2D eigenvalue weighted by atomic mass is 35.5. The Balaban J connectivity index is 0.00000576. The van der Waals surface area contributed by atoms with Gasteiger partial charge < -0.3 is 30.8 Å². The quantitative estimate of drug-likeness (QED) is 0.0670. The fourth-order valence-corrected chi connectivity index (χ4v) is 7.46. The number of halogens is 1. The van der Waals surface area contributed by atoms with Crippen LogP contribution < -0.4 is 15.9 Å². The lowest BCUT2D eigenvalue weighted by atomic mass is 9.97. The average molecular weight is 681 g/mol. The molecule has 4 atom stereocenters. The minimum Gasteiger partial charge on any atom is -0.466 e. The van der Waals surface area contributed by atoms with E-state index in [9.17, 15) is 27.9 Å². The number of hydrogen-bond donors (Lipinski definition) is 4. The maximum Gasteiger partial charge on any atom is 0.307 e. The van der Waals surface area contributed by atoms with E-state index in [0.29, 0.717) is 13.1 Å². The number of benzene rings is 2. The standard InChI is InChI=1S/C31H44N6O7S.ClH/c1-2-44-28(40)13-14-33-27(39)12-11-26-29(31(41)37(16-17-38)20-22-6-5-15-36(19-22)21-34-32)30(26)35-45(42,43)25-10-9-23-7-3-4-8-24(23)18-25;/h3-4,7-10,18,21-22,26,29-30,35,38H,2,5-6,11-17,19-20,32H2,1H3,(H,33,39);1H/t22-,26?,29+,30+;/m1./s1. The van der Waals surface area contributed by atoms with Crippen LogP contribution in [0.3, 0.4) is 0 Å². The van der Waals surface area contributed by atoms with E-state index in [4.69, 9.17) is 10.6 Å². The van der Waals surface area contributed by atoms with E-state index < -0.39 is 33.9 Å². The SMILES string of the molecule is CCOC(=O)CCNC(=O)CCC1[C@H](NS(=O)(=O)c2ccc3ccccc3c2)[C@H]1C(=O)N(CCO)C[C@@H]1CCCN(C=NN)C1.Cl. The van der Waals surface area contributed by atoms with Crippen molar-refractivity contribution in [2.24, 2.45) is 28.7 Å². The number of hydrogen-bond acceptors (Lipinski definition) is 9. The molecule has 5 N–H and O–H groups in total. The number of carbonyl (C=O) groups excluding carboxylic acids is 3. The Morgan fingerprint density at radius 1 is 1.17 bits per heavy atom. The summed E-state index contributed by atoms with van der Waals surface area (Å²) in [4.78, 5) is 41.7. The second kappa shape index (κ2) is 17.5. The van der Waals surface area contributed by atoms with Crippen LogP contribution in [0.4, 0.5) is 0 Å². The van der Waals surface area contributed by atoms with Gasteiger partial charge in [-0.15, -0.1) is 12.4 Å². The number of carbonyl (C=O) groups is 3. The Morgan fingerprint density at radius 3 is 2.65 bits per heavy atom. The first-order chi connectivity index (χ1) is 21.7. The number of ether oxygens (including phenoxy) is 1. The lowest BCUT2D eigenvalue weighted by Gasteiger charge is -2.34. The molecule has 1 aliphatic carbocycles. The maximum absolute atomic E-state index is 13.9. The first-order valence-corrected chi connectivity index (χ1v) is 17.0. The summed E-state index contributed by atoms with van der Waals surface area (Å²) < 4.78 is 34.7. The normalized spacial score (nSPS) is 21.0. The van der Waals surface area contributed by atoms with Crippen molar-refractivity contribution in [1.29, 1.82) is 0 Å². The van der Waals surface area contributed by atoms with E-state index in [0.717, 1.165) is 30.2 Å². The van der Waals surface area contributed by atoms with Gasteiger partial charge in [0.1, 0.15) is 6.34 Å². The summed E-state index contributed by atoms with van der Waals surface area (Å²) in [5.74, 6) is 3.38. The number of fused-ring (bicyclic) bond motifs is 1. The third-order valence-electron chi connectivity index (χ3n) is 8.38. The van der Waals surface area contributed by atoms with Gasteiger partial charge in [0, 0.05) is 45.2 Å². The van der Waals surface area contributed by atoms with Gasteiger partial charge in [-0.1, -0.05) is 30.3 Å². The molecular weight excluding hydrogens is 636 g/mol. The molecule has 2 aliphatic rings. The van der Waals surface area contributed by atoms with Crippen LogP contribution in [-0.2, 0) is 29.1 Å². The zero-order valence-corrected chi connectivity index (χ0v) is 27.7. The summed E-state index contributed by atoms with van der Waals surface area (Å²) in [7, 11) is -3.99. The van der Waals surface area contributed by atoms with Crippen LogP contribution in [0.5, 0.6) is 0 Å². The lowest BCUT2D eigenvalue weighted by molar-refractivity contribution is -0.143. The Bertz CT molecular complexity index is 1480. The Morgan fingerprint density at radius 2 is 1.93 bits per heavy atom. The van der Waals surface area contributed by atoms with Crippen LogP contribution in [0.1, 0.15) is 39.0 Å². The number of nitrogens with zero attached hydrogens (tertiary/aromatic N) is 3. The van der Waals surface area contributed by atoms with Crippen molar-refractivity contribution in [3.05, 3.63) is 42.5 Å². The molecule has 1 unspecified atom stereocenters. The molecule has 46 heavy (non-hydrogen) atoms. The second-order valence-electron chi connectivity index (χ2n) is 11.6. The van der Waals surface area contributed by atoms with Gasteiger partial charge in [-0.05, 0) is 60.9 Å². The first-order valence-electron chi connectivity index (χ1n) is 15.5. The molecule has 4 rings (SSSR count). The molecule has 2 aromatic rings. The number of rotatable bonds is 16. The molecule has 13 nitrogen and oxygen atoms in total. The number of nitrogens with one attached hydrogen (secondary N) is 2. The van der Waals surface area contributed by atoms with Gasteiger partial charge in [0.2, 0.25) is 21.8 Å². The Kier molecular flexibility index (Phi) is 14.0. The zero-order valence-electron chi connectivity index (χ0n) is 26.0. The number of piperidine rings is 1. The first kappa shape index (κ1) is 37.0. The number of esters is 1. The number of sulfonamides is 1. The van der Waals surface area contributed by atoms with Crippen molar-refractivity contribution in [2.75, 3.05) is 45.9 Å². The van der Waals surface area contributed by atoms with Crippen LogP contribution in [0.2, 0.25) is 0 Å². The number of hydrazone groups is 1. The van der Waals surface area contributed by atoms with Crippen LogP contribution in [0, 0.1) is 17.8 Å². The monoisotopic (exact) mass is 680 g/mol. The van der Waals surface area contributed by atoms with Gasteiger partial charge >= 0.3 is 5.97 Å². The highest BCUT2D eigenvalue weighted by Crippen LogP contribution is 2.45. The van der Waals surface area contributed by atoms with E-state index >= 15 is 0 Å². The summed E-state index contributed by atoms with van der Waals surface area (Å²) >= 11 is 0. The third-order valence-corrected chi connectivity index (χ3v) is 9.84. The Hall–Kier alpha value is -3.46. The summed E-state index contributed by atoms with van der Waals surface area (Å²) in [6.45, 7) is 3.84. The molecule has 1 heterocycles.